The van der Waals surface area contributed by atoms with Crippen molar-refractivity contribution in [3.63, 3.8) is 0 Å². The third-order valence-corrected chi connectivity index (χ3v) is 3.07. The van der Waals surface area contributed by atoms with Gasteiger partial charge in [-0.15, -0.1) is 0 Å². The quantitative estimate of drug-likeness (QED) is 0.814. The molecule has 86 valence electrons. The molecular weight excluding hydrogens is 210 g/mol. The molecule has 0 bridgehead atoms. The van der Waals surface area contributed by atoms with Crippen molar-refractivity contribution >= 4 is 10.8 Å². The molecule has 1 unspecified atom stereocenters. The summed E-state index contributed by atoms with van der Waals surface area (Å²) in [7, 11) is -0.720. The van der Waals surface area contributed by atoms with Crippen molar-refractivity contribution in [1.29, 1.82) is 0 Å². The van der Waals surface area contributed by atoms with Crippen molar-refractivity contribution in [2.24, 2.45) is 5.73 Å². The van der Waals surface area contributed by atoms with Crippen molar-refractivity contribution in [2.45, 2.75) is 32.4 Å². The molecule has 5 heteroatoms. The fourth-order valence-corrected chi connectivity index (χ4v) is 2.01. The van der Waals surface area contributed by atoms with Gasteiger partial charge in [0.15, 0.2) is 0 Å². The highest BCUT2D eigenvalue weighted by Gasteiger charge is 2.18. The number of rotatable bonds is 5. The lowest BCUT2D eigenvalue weighted by atomic mass is 10.0. The zero-order chi connectivity index (χ0) is 11.5. The second-order valence-corrected chi connectivity index (χ2v) is 5.88. The summed E-state index contributed by atoms with van der Waals surface area (Å²) in [5.74, 6) is 0.725. The van der Waals surface area contributed by atoms with E-state index in [1.807, 2.05) is 18.4 Å². The molecule has 1 atom stereocenters. The molecule has 0 aliphatic heterocycles. The molecular formula is C10H19N3OS. The Hall–Kier alpha value is -0.680. The predicted octanol–water partition coefficient (Wildman–Crippen LogP) is 0.846. The van der Waals surface area contributed by atoms with Gasteiger partial charge in [0, 0.05) is 35.5 Å². The molecule has 15 heavy (non-hydrogen) atoms. The minimum atomic E-state index is -0.720. The third-order valence-electron chi connectivity index (χ3n) is 2.20. The Kier molecular flexibility index (Phi) is 4.04. The molecule has 1 aromatic heterocycles. The van der Waals surface area contributed by atoms with E-state index in [1.165, 1.54) is 0 Å². The Morgan fingerprint density at radius 2 is 2.27 bits per heavy atom. The van der Waals surface area contributed by atoms with E-state index < -0.39 is 10.8 Å². The van der Waals surface area contributed by atoms with Crippen molar-refractivity contribution < 1.29 is 4.21 Å². The molecule has 1 aromatic rings. The first-order valence-electron chi connectivity index (χ1n) is 5.01. The van der Waals surface area contributed by atoms with Crippen LogP contribution in [-0.4, -0.2) is 25.8 Å². The Morgan fingerprint density at radius 3 is 2.80 bits per heavy atom. The summed E-state index contributed by atoms with van der Waals surface area (Å²) < 4.78 is 13.0. The zero-order valence-corrected chi connectivity index (χ0v) is 10.4. The van der Waals surface area contributed by atoms with E-state index in [9.17, 15) is 4.21 Å². The Bertz CT molecular complexity index is 341. The molecule has 0 amide bonds. The van der Waals surface area contributed by atoms with Gasteiger partial charge in [-0.3, -0.25) is 4.21 Å². The number of hydrogen-bond acceptors (Lipinski definition) is 3. The van der Waals surface area contributed by atoms with Crippen LogP contribution in [0.3, 0.4) is 0 Å². The van der Waals surface area contributed by atoms with Crippen LogP contribution in [-0.2, 0) is 22.9 Å². The lowest BCUT2D eigenvalue weighted by Gasteiger charge is -2.20. The maximum absolute atomic E-state index is 10.9. The summed E-state index contributed by atoms with van der Waals surface area (Å²) >= 11 is 0. The van der Waals surface area contributed by atoms with Crippen LogP contribution in [0.25, 0.3) is 0 Å². The van der Waals surface area contributed by atoms with Crippen LogP contribution < -0.4 is 5.73 Å². The van der Waals surface area contributed by atoms with Crippen LogP contribution in [0.1, 0.15) is 26.0 Å². The van der Waals surface area contributed by atoms with Gasteiger partial charge in [0.25, 0.3) is 0 Å². The van der Waals surface area contributed by atoms with Crippen molar-refractivity contribution in [1.82, 2.24) is 9.55 Å². The Balaban J connectivity index is 2.62. The van der Waals surface area contributed by atoms with Gasteiger partial charge in [0.1, 0.15) is 0 Å². The molecule has 1 rings (SSSR count). The first-order valence-corrected chi connectivity index (χ1v) is 6.73. The lowest BCUT2D eigenvalue weighted by Crippen LogP contribution is -2.31. The summed E-state index contributed by atoms with van der Waals surface area (Å²) in [4.78, 5) is 4.09. The van der Waals surface area contributed by atoms with Crippen LogP contribution in [0, 0.1) is 0 Å². The summed E-state index contributed by atoms with van der Waals surface area (Å²) in [5, 5.41) is 0. The lowest BCUT2D eigenvalue weighted by molar-refractivity contribution is 0.490. The van der Waals surface area contributed by atoms with Gasteiger partial charge in [0.05, 0.1) is 17.6 Å². The highest BCUT2D eigenvalue weighted by Crippen LogP contribution is 2.16. The molecule has 1 heterocycles. The predicted molar refractivity (Wildman–Crippen MR) is 63.0 cm³/mol. The van der Waals surface area contributed by atoms with Crippen molar-refractivity contribution in [3.8, 4) is 0 Å². The van der Waals surface area contributed by atoms with E-state index in [2.05, 4.69) is 4.98 Å². The van der Waals surface area contributed by atoms with Crippen LogP contribution >= 0.6 is 0 Å². The molecule has 2 N–H and O–H groups in total. The van der Waals surface area contributed by atoms with Crippen LogP contribution in [0.5, 0.6) is 0 Å². The van der Waals surface area contributed by atoms with Crippen molar-refractivity contribution in [3.05, 3.63) is 18.2 Å². The second kappa shape index (κ2) is 4.90. The first-order chi connectivity index (χ1) is 6.91. The molecule has 0 saturated heterocycles. The molecule has 0 spiro atoms. The Labute approximate surface area is 93.3 Å². The number of aryl methyl sites for hydroxylation is 1. The summed E-state index contributed by atoms with van der Waals surface area (Å²) in [5.41, 5.74) is 6.66. The maximum Gasteiger partial charge on any atom is 0.0948 e. The van der Waals surface area contributed by atoms with E-state index in [4.69, 9.17) is 5.73 Å². The number of hydrogen-bond donors (Lipinski definition) is 1. The average Bonchev–Trinajstić information content (AvgIpc) is 2.50. The molecule has 0 saturated carbocycles. The average molecular weight is 229 g/mol. The topological polar surface area (TPSA) is 60.9 Å². The monoisotopic (exact) mass is 229 g/mol. The fraction of sp³-hybridized carbons (Fsp3) is 0.700. The number of nitrogens with zero attached hydrogens (tertiary/aromatic N) is 2. The van der Waals surface area contributed by atoms with E-state index in [-0.39, 0.29) is 5.54 Å². The molecule has 0 aliphatic rings. The van der Waals surface area contributed by atoms with Gasteiger partial charge >= 0.3 is 0 Å². The summed E-state index contributed by atoms with van der Waals surface area (Å²) in [6, 6.07) is 0. The fourth-order valence-electron chi connectivity index (χ4n) is 1.47. The minimum Gasteiger partial charge on any atom is -0.333 e. The molecule has 0 fully saturated rings. The van der Waals surface area contributed by atoms with Gasteiger partial charge in [-0.05, 0) is 20.3 Å². The highest BCUT2D eigenvalue weighted by molar-refractivity contribution is 7.84. The standard InChI is InChI=1S/C10H19N3OS/c1-10(2,11)9-7-12-8-13(9)5-4-6-15(3)14/h7-8H,4-6,11H2,1-3H3. The highest BCUT2D eigenvalue weighted by atomic mass is 32.2. The molecule has 0 radical (unpaired) electrons. The zero-order valence-electron chi connectivity index (χ0n) is 9.56. The number of nitrogens with two attached hydrogens (primary N) is 1. The van der Waals surface area contributed by atoms with E-state index in [0.717, 1.165) is 24.4 Å². The van der Waals surface area contributed by atoms with Gasteiger partial charge < -0.3 is 10.3 Å². The molecule has 0 aromatic carbocycles. The Morgan fingerprint density at radius 1 is 1.60 bits per heavy atom. The van der Waals surface area contributed by atoms with E-state index in [1.54, 1.807) is 18.8 Å². The molecule has 0 aliphatic carbocycles. The summed E-state index contributed by atoms with van der Waals surface area (Å²) in [6.07, 6.45) is 6.19. The normalized spacial score (nSPS) is 14.1. The number of imidazole rings is 1. The van der Waals surface area contributed by atoms with Crippen LogP contribution in [0.4, 0.5) is 0 Å². The first kappa shape index (κ1) is 12.4. The molecule has 4 nitrogen and oxygen atoms in total. The largest absolute Gasteiger partial charge is 0.333 e. The van der Waals surface area contributed by atoms with Crippen molar-refractivity contribution in [2.75, 3.05) is 12.0 Å². The van der Waals surface area contributed by atoms with Gasteiger partial charge in [-0.2, -0.15) is 0 Å². The van der Waals surface area contributed by atoms with Crippen LogP contribution in [0.2, 0.25) is 0 Å². The van der Waals surface area contributed by atoms with Crippen LogP contribution in [0.15, 0.2) is 12.5 Å². The van der Waals surface area contributed by atoms with E-state index >= 15 is 0 Å². The SMILES string of the molecule is CS(=O)CCCn1cncc1C(C)(C)N. The van der Waals surface area contributed by atoms with Gasteiger partial charge in [-0.25, -0.2) is 4.98 Å². The summed E-state index contributed by atoms with van der Waals surface area (Å²) in [6.45, 7) is 4.74. The third kappa shape index (κ3) is 3.76. The van der Waals surface area contributed by atoms with E-state index in [0.29, 0.717) is 0 Å². The van der Waals surface area contributed by atoms with Gasteiger partial charge in [-0.1, -0.05) is 0 Å². The van der Waals surface area contributed by atoms with Gasteiger partial charge in [0.2, 0.25) is 0 Å². The second-order valence-electron chi connectivity index (χ2n) is 4.32. The minimum absolute atomic E-state index is 0.373. The maximum atomic E-state index is 10.9. The number of aromatic nitrogens is 2. The smallest absolute Gasteiger partial charge is 0.0948 e.